The van der Waals surface area contributed by atoms with Crippen molar-refractivity contribution < 1.29 is 19.6 Å². The molecule has 1 heterocycles. The van der Waals surface area contributed by atoms with Gasteiger partial charge in [-0.2, -0.15) is 0 Å². The lowest BCUT2D eigenvalue weighted by molar-refractivity contribution is -0.385. The summed E-state index contributed by atoms with van der Waals surface area (Å²) in [5.41, 5.74) is -0.0307. The average molecular weight is 318 g/mol. The van der Waals surface area contributed by atoms with Crippen LogP contribution in [-0.2, 0) is 9.59 Å². The third kappa shape index (κ3) is 2.94. The number of rotatable bonds is 6. The normalized spacial score (nSPS) is 17.7. The molecule has 1 aromatic rings. The lowest BCUT2D eigenvalue weighted by Gasteiger charge is -2.26. The van der Waals surface area contributed by atoms with E-state index in [1.54, 1.807) is 6.07 Å². The van der Waals surface area contributed by atoms with Crippen molar-refractivity contribution in [2.24, 2.45) is 0 Å². The summed E-state index contributed by atoms with van der Waals surface area (Å²) in [5, 5.41) is 21.3. The van der Waals surface area contributed by atoms with Gasteiger partial charge in [-0.25, -0.2) is 0 Å². The van der Waals surface area contributed by atoms with Crippen molar-refractivity contribution >= 4 is 17.4 Å². The van der Waals surface area contributed by atoms with Crippen molar-refractivity contribution in [2.45, 2.75) is 32.7 Å². The second-order valence-corrected chi connectivity index (χ2v) is 5.39. The third-order valence-corrected chi connectivity index (χ3v) is 3.86. The Bertz CT molecular complexity index is 695. The number of unbranched alkanes of at least 4 members (excludes halogenated alkanes) is 1. The molecule has 0 saturated heterocycles. The Morgan fingerprint density at radius 3 is 2.61 bits per heavy atom. The first-order chi connectivity index (χ1) is 10.9. The van der Waals surface area contributed by atoms with Crippen LogP contribution >= 0.6 is 0 Å². The van der Waals surface area contributed by atoms with Gasteiger partial charge in [-0.1, -0.05) is 25.5 Å². The maximum Gasteiger partial charge on any atom is 0.290 e. The van der Waals surface area contributed by atoms with E-state index in [1.807, 2.05) is 6.92 Å². The number of nitro groups is 1. The van der Waals surface area contributed by atoms with Crippen LogP contribution in [0.3, 0.4) is 0 Å². The van der Waals surface area contributed by atoms with Gasteiger partial charge in [-0.05, 0) is 19.4 Å². The van der Waals surface area contributed by atoms with E-state index in [1.165, 1.54) is 30.0 Å². The molecule has 7 heteroatoms. The van der Waals surface area contributed by atoms with E-state index in [2.05, 4.69) is 0 Å². The van der Waals surface area contributed by atoms with Crippen LogP contribution in [-0.4, -0.2) is 33.2 Å². The average Bonchev–Trinajstić information content (AvgIpc) is 2.77. The number of nitro benzene ring substituents is 1. The SMILES string of the molecule is CCCCN1C(=O)C(O)=C(C(C)=O)[C@H]1c1ccccc1[N+](=O)[O-]. The minimum atomic E-state index is -0.923. The highest BCUT2D eigenvalue weighted by molar-refractivity contribution is 6.08. The number of aliphatic hydroxyl groups is 1. The van der Waals surface area contributed by atoms with Crippen LogP contribution in [0.5, 0.6) is 0 Å². The van der Waals surface area contributed by atoms with Crippen LogP contribution in [0.1, 0.15) is 38.3 Å². The van der Waals surface area contributed by atoms with E-state index < -0.39 is 28.4 Å². The second kappa shape index (κ2) is 6.60. The number of hydrogen-bond donors (Lipinski definition) is 1. The maximum absolute atomic E-state index is 12.3. The molecule has 0 aromatic heterocycles. The minimum absolute atomic E-state index is 0.0830. The van der Waals surface area contributed by atoms with E-state index in [0.29, 0.717) is 13.0 Å². The molecule has 1 amide bonds. The zero-order valence-corrected chi connectivity index (χ0v) is 13.0. The first-order valence-corrected chi connectivity index (χ1v) is 7.38. The number of nitrogens with zero attached hydrogens (tertiary/aromatic N) is 2. The molecule has 23 heavy (non-hydrogen) atoms. The van der Waals surface area contributed by atoms with E-state index in [9.17, 15) is 24.8 Å². The Hall–Kier alpha value is -2.70. The number of amides is 1. The summed E-state index contributed by atoms with van der Waals surface area (Å²) in [6.07, 6.45) is 1.48. The van der Waals surface area contributed by atoms with E-state index in [-0.39, 0.29) is 16.8 Å². The van der Waals surface area contributed by atoms with Crippen molar-refractivity contribution in [3.8, 4) is 0 Å². The maximum atomic E-state index is 12.3. The number of ketones is 1. The minimum Gasteiger partial charge on any atom is -0.503 e. The largest absolute Gasteiger partial charge is 0.503 e. The van der Waals surface area contributed by atoms with Gasteiger partial charge in [-0.15, -0.1) is 0 Å². The fourth-order valence-corrected chi connectivity index (χ4v) is 2.78. The van der Waals surface area contributed by atoms with Crippen molar-refractivity contribution in [3.05, 3.63) is 51.3 Å². The molecule has 0 spiro atoms. The summed E-state index contributed by atoms with van der Waals surface area (Å²) in [6, 6.07) is 5.04. The summed E-state index contributed by atoms with van der Waals surface area (Å²) in [4.78, 5) is 36.3. The van der Waals surface area contributed by atoms with Gasteiger partial charge in [0.2, 0.25) is 0 Å². The number of benzene rings is 1. The molecule has 122 valence electrons. The summed E-state index contributed by atoms with van der Waals surface area (Å²) in [5.74, 6) is -1.75. The highest BCUT2D eigenvalue weighted by atomic mass is 16.6. The Kier molecular flexibility index (Phi) is 4.78. The zero-order valence-electron chi connectivity index (χ0n) is 13.0. The van der Waals surface area contributed by atoms with Gasteiger partial charge in [-0.3, -0.25) is 19.7 Å². The lowest BCUT2D eigenvalue weighted by Crippen LogP contribution is -2.32. The summed E-state index contributed by atoms with van der Waals surface area (Å²) >= 11 is 0. The molecule has 1 atom stereocenters. The predicted octanol–water partition coefficient (Wildman–Crippen LogP) is 2.68. The van der Waals surface area contributed by atoms with E-state index >= 15 is 0 Å². The highest BCUT2D eigenvalue weighted by Gasteiger charge is 2.44. The number of carbonyl (C=O) groups is 2. The lowest BCUT2D eigenvalue weighted by atomic mass is 9.95. The number of carbonyl (C=O) groups excluding carboxylic acids is 2. The standard InChI is InChI=1S/C16H18N2O5/c1-3-4-9-17-14(13(10(2)19)15(20)16(17)21)11-7-5-6-8-12(11)18(22)23/h5-8,14,20H,3-4,9H2,1-2H3/t14-/m1/s1. The van der Waals surface area contributed by atoms with Crippen LogP contribution in [0.15, 0.2) is 35.6 Å². The van der Waals surface area contributed by atoms with Crippen LogP contribution in [0, 0.1) is 10.1 Å². The molecule has 2 rings (SSSR count). The molecular formula is C16H18N2O5. The smallest absolute Gasteiger partial charge is 0.290 e. The van der Waals surface area contributed by atoms with Gasteiger partial charge < -0.3 is 10.0 Å². The first kappa shape index (κ1) is 16.7. The molecule has 0 radical (unpaired) electrons. The number of para-hydroxylation sites is 1. The molecule has 1 aromatic carbocycles. The first-order valence-electron chi connectivity index (χ1n) is 7.38. The van der Waals surface area contributed by atoms with Gasteiger partial charge >= 0.3 is 0 Å². The van der Waals surface area contributed by atoms with Crippen LogP contribution in [0.25, 0.3) is 0 Å². The van der Waals surface area contributed by atoms with E-state index in [0.717, 1.165) is 6.42 Å². The molecule has 0 saturated carbocycles. The van der Waals surface area contributed by atoms with Crippen molar-refractivity contribution in [1.82, 2.24) is 4.90 Å². The monoisotopic (exact) mass is 318 g/mol. The number of Topliss-reactive ketones (excluding diaryl/α,β-unsaturated/α-hetero) is 1. The van der Waals surface area contributed by atoms with Gasteiger partial charge in [0.05, 0.1) is 22.1 Å². The van der Waals surface area contributed by atoms with E-state index in [4.69, 9.17) is 0 Å². The van der Waals surface area contributed by atoms with Crippen LogP contribution < -0.4 is 0 Å². The zero-order chi connectivity index (χ0) is 17.1. The Labute approximate surface area is 133 Å². The molecule has 0 fully saturated rings. The van der Waals surface area contributed by atoms with Crippen LogP contribution in [0.4, 0.5) is 5.69 Å². The summed E-state index contributed by atoms with van der Waals surface area (Å²) in [6.45, 7) is 3.50. The summed E-state index contributed by atoms with van der Waals surface area (Å²) < 4.78 is 0. The third-order valence-electron chi connectivity index (χ3n) is 3.86. The quantitative estimate of drug-likeness (QED) is 0.642. The fraction of sp³-hybridized carbons (Fsp3) is 0.375. The summed E-state index contributed by atoms with van der Waals surface area (Å²) in [7, 11) is 0. The molecular weight excluding hydrogens is 300 g/mol. The Balaban J connectivity index is 2.60. The van der Waals surface area contributed by atoms with Crippen molar-refractivity contribution in [1.29, 1.82) is 0 Å². The van der Waals surface area contributed by atoms with Gasteiger partial charge in [0.15, 0.2) is 11.5 Å². The molecule has 0 bridgehead atoms. The molecule has 1 aliphatic rings. The van der Waals surface area contributed by atoms with Crippen molar-refractivity contribution in [2.75, 3.05) is 6.54 Å². The highest BCUT2D eigenvalue weighted by Crippen LogP contribution is 2.41. The molecule has 1 N–H and O–H groups in total. The molecule has 1 aliphatic heterocycles. The Morgan fingerprint density at radius 1 is 1.39 bits per heavy atom. The number of hydrogen-bond acceptors (Lipinski definition) is 5. The van der Waals surface area contributed by atoms with Gasteiger partial charge in [0.1, 0.15) is 0 Å². The predicted molar refractivity (Wildman–Crippen MR) is 82.8 cm³/mol. The van der Waals surface area contributed by atoms with Crippen molar-refractivity contribution in [3.63, 3.8) is 0 Å². The molecule has 0 unspecified atom stereocenters. The van der Waals surface area contributed by atoms with Gasteiger partial charge in [0.25, 0.3) is 11.6 Å². The Morgan fingerprint density at radius 2 is 2.04 bits per heavy atom. The fourth-order valence-electron chi connectivity index (χ4n) is 2.78. The molecule has 0 aliphatic carbocycles. The molecule has 7 nitrogen and oxygen atoms in total. The second-order valence-electron chi connectivity index (χ2n) is 5.39. The topological polar surface area (TPSA) is 101 Å². The van der Waals surface area contributed by atoms with Crippen LogP contribution in [0.2, 0.25) is 0 Å². The van der Waals surface area contributed by atoms with Gasteiger partial charge in [0, 0.05) is 12.6 Å². The number of aliphatic hydroxyl groups excluding tert-OH is 1.